The van der Waals surface area contributed by atoms with E-state index in [0.29, 0.717) is 10.7 Å². The zero-order valence-corrected chi connectivity index (χ0v) is 12.0. The molecule has 21 heavy (non-hydrogen) atoms. The number of hydroxylamine groups is 1. The molecule has 0 saturated carbocycles. The van der Waals surface area contributed by atoms with E-state index in [1.807, 2.05) is 60.7 Å². The maximum absolute atomic E-state index is 12.0. The summed E-state index contributed by atoms with van der Waals surface area (Å²) in [5, 5.41) is 13.3. The number of rotatable bonds is 3. The number of aromatic nitrogens is 1. The molecule has 1 heterocycles. The molecule has 4 heteroatoms. The zero-order valence-electron chi connectivity index (χ0n) is 11.2. The molecule has 0 unspecified atom stereocenters. The van der Waals surface area contributed by atoms with E-state index in [2.05, 4.69) is 4.98 Å². The predicted molar refractivity (Wildman–Crippen MR) is 85.7 cm³/mol. The van der Waals surface area contributed by atoms with Crippen LogP contribution in [-0.2, 0) is 6.54 Å². The number of halogens is 1. The predicted octanol–water partition coefficient (Wildman–Crippen LogP) is 4.02. The van der Waals surface area contributed by atoms with E-state index in [0.717, 1.165) is 21.2 Å². The van der Waals surface area contributed by atoms with Crippen molar-refractivity contribution in [2.45, 2.75) is 6.54 Å². The fourth-order valence-electron chi connectivity index (χ4n) is 2.16. The van der Waals surface area contributed by atoms with Crippen molar-refractivity contribution in [1.82, 2.24) is 4.98 Å². The molecule has 2 aromatic carbocycles. The Morgan fingerprint density at radius 1 is 1.05 bits per heavy atom. The number of nitrogens with zero attached hydrogens (tertiary/aromatic N) is 2. The average Bonchev–Trinajstić information content (AvgIpc) is 2.49. The highest BCUT2D eigenvalue weighted by Crippen LogP contribution is 2.19. The molecule has 0 saturated heterocycles. The van der Waals surface area contributed by atoms with Gasteiger partial charge in [0.2, 0.25) is 0 Å². The first-order chi connectivity index (χ1) is 10.2. The first-order valence-corrected chi connectivity index (χ1v) is 6.98. The van der Waals surface area contributed by atoms with Crippen LogP contribution in [0, 0.1) is 5.21 Å². The van der Waals surface area contributed by atoms with Crippen molar-refractivity contribution in [3.63, 3.8) is 0 Å². The van der Waals surface area contributed by atoms with E-state index < -0.39 is 0 Å². The highest BCUT2D eigenvalue weighted by Gasteiger charge is 2.06. The minimum absolute atomic E-state index is 0.282. The Balaban J connectivity index is 1.93. The van der Waals surface area contributed by atoms with Crippen molar-refractivity contribution in [2.24, 2.45) is 0 Å². The third-order valence-electron chi connectivity index (χ3n) is 3.17. The topological polar surface area (TPSA) is 39.0 Å². The van der Waals surface area contributed by atoms with Gasteiger partial charge in [-0.05, 0) is 12.1 Å². The lowest BCUT2D eigenvalue weighted by atomic mass is 10.2. The van der Waals surface area contributed by atoms with Crippen molar-refractivity contribution in [1.29, 1.82) is 0 Å². The Kier molecular flexibility index (Phi) is 3.84. The van der Waals surface area contributed by atoms with Gasteiger partial charge in [-0.3, -0.25) is 0 Å². The first kappa shape index (κ1) is 13.6. The first-order valence-electron chi connectivity index (χ1n) is 6.60. The molecule has 0 fully saturated rings. The van der Waals surface area contributed by atoms with Crippen LogP contribution in [0.4, 0.5) is 0 Å². The van der Waals surface area contributed by atoms with Gasteiger partial charge in [-0.25, -0.2) is 9.72 Å². The lowest BCUT2D eigenvalue weighted by Crippen LogP contribution is -2.06. The van der Waals surface area contributed by atoms with Crippen molar-refractivity contribution in [3.05, 3.63) is 82.2 Å². The fourth-order valence-corrected chi connectivity index (χ4v) is 2.36. The highest BCUT2D eigenvalue weighted by atomic mass is 35.5. The summed E-state index contributed by atoms with van der Waals surface area (Å²) in [5.41, 5.74) is 2.40. The molecule has 104 valence electrons. The van der Waals surface area contributed by atoms with Gasteiger partial charge in [-0.2, -0.15) is 0 Å². The second-order valence-corrected chi connectivity index (χ2v) is 5.11. The van der Waals surface area contributed by atoms with Crippen LogP contribution >= 0.6 is 11.6 Å². The number of pyridine rings is 1. The van der Waals surface area contributed by atoms with Crippen LogP contribution in [0.25, 0.3) is 10.9 Å². The molecule has 0 radical (unpaired) electrons. The molecule has 0 N–H and O–H groups in total. The van der Waals surface area contributed by atoms with Gasteiger partial charge in [0.15, 0.2) is 12.8 Å². The van der Waals surface area contributed by atoms with Crippen LogP contribution in [-0.4, -0.2) is 15.9 Å². The molecule has 3 aromatic rings. The van der Waals surface area contributed by atoms with Crippen molar-refractivity contribution in [3.8, 4) is 0 Å². The lowest BCUT2D eigenvalue weighted by Gasteiger charge is -2.05. The number of benzene rings is 2. The van der Waals surface area contributed by atoms with E-state index in [1.54, 1.807) is 0 Å². The molecular formula is C17H13ClN2O. The van der Waals surface area contributed by atoms with Gasteiger partial charge >= 0.3 is 0 Å². The van der Waals surface area contributed by atoms with Gasteiger partial charge in [0.1, 0.15) is 5.15 Å². The summed E-state index contributed by atoms with van der Waals surface area (Å²) >= 11 is 6.14. The van der Waals surface area contributed by atoms with E-state index >= 15 is 0 Å². The summed E-state index contributed by atoms with van der Waals surface area (Å²) in [6.45, 7) is 0.282. The van der Waals surface area contributed by atoms with Crippen LogP contribution in [0.2, 0.25) is 5.15 Å². The second-order valence-electron chi connectivity index (χ2n) is 4.75. The summed E-state index contributed by atoms with van der Waals surface area (Å²) in [4.78, 5) is 4.30. The van der Waals surface area contributed by atoms with E-state index in [4.69, 9.17) is 11.6 Å². The molecule has 0 aliphatic carbocycles. The van der Waals surface area contributed by atoms with Crippen LogP contribution in [0.3, 0.4) is 0 Å². The SMILES string of the molecule is [O-]/[N+](=C\c1cc2ccccc2nc1Cl)Cc1ccccc1. The van der Waals surface area contributed by atoms with Crippen molar-refractivity contribution >= 4 is 28.7 Å². The number of hydrogen-bond donors (Lipinski definition) is 0. The molecule has 0 bridgehead atoms. The summed E-state index contributed by atoms with van der Waals surface area (Å²) in [6.07, 6.45) is 1.48. The molecule has 3 rings (SSSR count). The highest BCUT2D eigenvalue weighted by molar-refractivity contribution is 6.32. The Hall–Kier alpha value is -2.39. The molecular weight excluding hydrogens is 284 g/mol. The molecule has 0 atom stereocenters. The van der Waals surface area contributed by atoms with Crippen LogP contribution in [0.1, 0.15) is 11.1 Å². The number of para-hydroxylation sites is 1. The van der Waals surface area contributed by atoms with Gasteiger partial charge in [-0.15, -0.1) is 0 Å². The van der Waals surface area contributed by atoms with Crippen LogP contribution < -0.4 is 0 Å². The zero-order chi connectivity index (χ0) is 14.7. The third kappa shape index (κ3) is 3.20. The molecule has 0 aliphatic rings. The largest absolute Gasteiger partial charge is 0.624 e. The Morgan fingerprint density at radius 3 is 2.57 bits per heavy atom. The summed E-state index contributed by atoms with van der Waals surface area (Å²) < 4.78 is 0.868. The van der Waals surface area contributed by atoms with E-state index in [-0.39, 0.29) is 6.54 Å². The Bertz CT molecular complexity index is 800. The standard InChI is InChI=1S/C17H13ClN2O/c18-17-15(10-14-8-4-5-9-16(14)19-17)12-20(21)11-13-6-2-1-3-7-13/h1-10,12H,11H2/b20-12-. The maximum atomic E-state index is 12.0. The molecule has 0 spiro atoms. The lowest BCUT2D eigenvalue weighted by molar-refractivity contribution is -0.469. The second kappa shape index (κ2) is 5.94. The molecule has 0 aliphatic heterocycles. The number of hydrogen-bond acceptors (Lipinski definition) is 2. The quantitative estimate of drug-likeness (QED) is 0.241. The minimum Gasteiger partial charge on any atom is -0.624 e. The van der Waals surface area contributed by atoms with Crippen molar-refractivity contribution in [2.75, 3.05) is 0 Å². The smallest absolute Gasteiger partial charge is 0.185 e. The van der Waals surface area contributed by atoms with Crippen molar-refractivity contribution < 1.29 is 4.74 Å². The van der Waals surface area contributed by atoms with Gasteiger partial charge in [-0.1, -0.05) is 60.1 Å². The summed E-state index contributed by atoms with van der Waals surface area (Å²) in [7, 11) is 0. The molecule has 3 nitrogen and oxygen atoms in total. The minimum atomic E-state index is 0.282. The monoisotopic (exact) mass is 296 g/mol. The Labute approximate surface area is 127 Å². The van der Waals surface area contributed by atoms with Crippen LogP contribution in [0.5, 0.6) is 0 Å². The van der Waals surface area contributed by atoms with E-state index in [1.165, 1.54) is 6.21 Å². The third-order valence-corrected chi connectivity index (χ3v) is 3.47. The van der Waals surface area contributed by atoms with Gasteiger partial charge < -0.3 is 5.21 Å². The normalized spacial score (nSPS) is 11.8. The maximum Gasteiger partial charge on any atom is 0.185 e. The summed E-state index contributed by atoms with van der Waals surface area (Å²) in [5.74, 6) is 0. The van der Waals surface area contributed by atoms with Gasteiger partial charge in [0.05, 0.1) is 11.1 Å². The van der Waals surface area contributed by atoms with Gasteiger partial charge in [0.25, 0.3) is 0 Å². The van der Waals surface area contributed by atoms with Gasteiger partial charge in [0, 0.05) is 10.9 Å². The van der Waals surface area contributed by atoms with Crippen LogP contribution in [0.15, 0.2) is 60.7 Å². The number of fused-ring (bicyclic) bond motifs is 1. The average molecular weight is 297 g/mol. The summed E-state index contributed by atoms with van der Waals surface area (Å²) in [6, 6.07) is 19.1. The van der Waals surface area contributed by atoms with E-state index in [9.17, 15) is 5.21 Å². The Morgan fingerprint density at radius 2 is 1.76 bits per heavy atom. The molecule has 0 amide bonds. The molecule has 1 aromatic heterocycles. The fraction of sp³-hybridized carbons (Fsp3) is 0.0588.